The van der Waals surface area contributed by atoms with Crippen LogP contribution in [0.25, 0.3) is 0 Å². The lowest BCUT2D eigenvalue weighted by atomic mass is 10.0. The Balaban J connectivity index is 2.72. The van der Waals surface area contributed by atoms with Crippen molar-refractivity contribution in [2.45, 2.75) is 32.1 Å². The van der Waals surface area contributed by atoms with E-state index in [4.69, 9.17) is 9.84 Å². The van der Waals surface area contributed by atoms with E-state index >= 15 is 0 Å². The molecule has 0 fully saturated rings. The number of methoxy groups -OCH3 is 1. The van der Waals surface area contributed by atoms with Crippen LogP contribution in [0.3, 0.4) is 0 Å². The van der Waals surface area contributed by atoms with Gasteiger partial charge < -0.3 is 15.2 Å². The van der Waals surface area contributed by atoms with Gasteiger partial charge in [-0.2, -0.15) is 11.8 Å². The lowest BCUT2D eigenvalue weighted by Gasteiger charge is -2.16. The first-order chi connectivity index (χ1) is 9.22. The molecular formula is C15H25NO2S. The summed E-state index contributed by atoms with van der Waals surface area (Å²) in [5.41, 5.74) is 2.52. The Morgan fingerprint density at radius 3 is 2.84 bits per heavy atom. The molecule has 2 N–H and O–H groups in total. The van der Waals surface area contributed by atoms with Gasteiger partial charge in [0.1, 0.15) is 5.75 Å². The fraction of sp³-hybridized carbons (Fsp3) is 0.600. The summed E-state index contributed by atoms with van der Waals surface area (Å²) in [5, 5.41) is 12.2. The van der Waals surface area contributed by atoms with Gasteiger partial charge >= 0.3 is 0 Å². The van der Waals surface area contributed by atoms with E-state index in [2.05, 4.69) is 31.3 Å². The topological polar surface area (TPSA) is 41.5 Å². The molecule has 0 aliphatic rings. The van der Waals surface area contributed by atoms with Gasteiger partial charge in [-0.1, -0.05) is 13.0 Å². The van der Waals surface area contributed by atoms with E-state index in [-0.39, 0.29) is 6.61 Å². The van der Waals surface area contributed by atoms with E-state index in [0.29, 0.717) is 6.04 Å². The standard InChI is InChI=1S/C15H25NO2S/c1-4-16-12(2)13-6-7-15(18-3)14(10-13)11-19-9-5-8-17/h6-7,10,12,16-17H,4-5,8-9,11H2,1-3H3. The molecular weight excluding hydrogens is 258 g/mol. The average Bonchev–Trinajstić information content (AvgIpc) is 2.43. The first kappa shape index (κ1) is 16.3. The molecule has 1 unspecified atom stereocenters. The Morgan fingerprint density at radius 1 is 1.42 bits per heavy atom. The molecule has 108 valence electrons. The van der Waals surface area contributed by atoms with Crippen molar-refractivity contribution in [1.82, 2.24) is 5.32 Å². The minimum absolute atomic E-state index is 0.266. The Morgan fingerprint density at radius 2 is 2.21 bits per heavy atom. The number of benzene rings is 1. The van der Waals surface area contributed by atoms with Crippen molar-refractivity contribution in [1.29, 1.82) is 0 Å². The van der Waals surface area contributed by atoms with E-state index in [1.165, 1.54) is 11.1 Å². The number of nitrogens with one attached hydrogen (secondary N) is 1. The van der Waals surface area contributed by atoms with Crippen LogP contribution in [0.5, 0.6) is 5.75 Å². The van der Waals surface area contributed by atoms with Crippen LogP contribution in [-0.4, -0.2) is 31.1 Å². The monoisotopic (exact) mass is 283 g/mol. The summed E-state index contributed by atoms with van der Waals surface area (Å²) in [7, 11) is 1.71. The van der Waals surface area contributed by atoms with Crippen LogP contribution in [0.4, 0.5) is 0 Å². The van der Waals surface area contributed by atoms with E-state index in [1.807, 2.05) is 17.8 Å². The summed E-state index contributed by atoms with van der Waals surface area (Å²) >= 11 is 1.83. The number of hydrogen-bond donors (Lipinski definition) is 2. The molecule has 0 aliphatic carbocycles. The van der Waals surface area contributed by atoms with Crippen LogP contribution in [-0.2, 0) is 5.75 Å². The molecule has 0 radical (unpaired) electrons. The molecule has 1 aromatic carbocycles. The third-order valence-electron chi connectivity index (χ3n) is 3.02. The van der Waals surface area contributed by atoms with Crippen molar-refractivity contribution >= 4 is 11.8 Å². The van der Waals surface area contributed by atoms with Gasteiger partial charge in [-0.15, -0.1) is 0 Å². The number of aliphatic hydroxyl groups excluding tert-OH is 1. The highest BCUT2D eigenvalue weighted by Crippen LogP contribution is 2.27. The van der Waals surface area contributed by atoms with Gasteiger partial charge in [0.15, 0.2) is 0 Å². The molecule has 3 nitrogen and oxygen atoms in total. The smallest absolute Gasteiger partial charge is 0.122 e. The fourth-order valence-electron chi connectivity index (χ4n) is 1.95. The van der Waals surface area contributed by atoms with Gasteiger partial charge in [0.25, 0.3) is 0 Å². The summed E-state index contributed by atoms with van der Waals surface area (Å²) in [6.07, 6.45) is 0.848. The second-order valence-electron chi connectivity index (χ2n) is 4.48. The maximum Gasteiger partial charge on any atom is 0.122 e. The first-order valence-electron chi connectivity index (χ1n) is 6.81. The van der Waals surface area contributed by atoms with Crippen LogP contribution in [0, 0.1) is 0 Å². The Kier molecular flexibility index (Phi) is 7.94. The molecule has 0 aliphatic heterocycles. The van der Waals surface area contributed by atoms with Crippen LogP contribution in [0.1, 0.15) is 37.4 Å². The van der Waals surface area contributed by atoms with Crippen LogP contribution in [0.15, 0.2) is 18.2 Å². The maximum absolute atomic E-state index is 8.79. The van der Waals surface area contributed by atoms with E-state index in [0.717, 1.165) is 30.2 Å². The summed E-state index contributed by atoms with van der Waals surface area (Å²) in [6.45, 7) is 5.52. The first-order valence-corrected chi connectivity index (χ1v) is 7.97. The predicted molar refractivity (Wildman–Crippen MR) is 83.0 cm³/mol. The van der Waals surface area contributed by atoms with E-state index in [1.54, 1.807) is 7.11 Å². The lowest BCUT2D eigenvalue weighted by Crippen LogP contribution is -2.17. The van der Waals surface area contributed by atoms with E-state index in [9.17, 15) is 0 Å². The fourth-order valence-corrected chi connectivity index (χ4v) is 2.88. The summed E-state index contributed by atoms with van der Waals surface area (Å²) in [4.78, 5) is 0. The average molecular weight is 283 g/mol. The van der Waals surface area contributed by atoms with Gasteiger partial charge in [0, 0.05) is 24.0 Å². The minimum Gasteiger partial charge on any atom is -0.496 e. The SMILES string of the molecule is CCNC(C)c1ccc(OC)c(CSCCCO)c1. The van der Waals surface area contributed by atoms with Gasteiger partial charge in [-0.25, -0.2) is 0 Å². The number of ether oxygens (including phenoxy) is 1. The zero-order valence-electron chi connectivity index (χ0n) is 12.1. The number of rotatable bonds is 9. The molecule has 0 heterocycles. The largest absolute Gasteiger partial charge is 0.496 e. The molecule has 0 aromatic heterocycles. The predicted octanol–water partition coefficient (Wildman–Crippen LogP) is 2.98. The summed E-state index contributed by atoms with van der Waals surface area (Å²) < 4.78 is 5.41. The van der Waals surface area contributed by atoms with E-state index < -0.39 is 0 Å². The van der Waals surface area contributed by atoms with Gasteiger partial charge in [-0.05, 0) is 43.3 Å². The molecule has 4 heteroatoms. The molecule has 1 atom stereocenters. The Bertz CT molecular complexity index is 371. The third-order valence-corrected chi connectivity index (χ3v) is 4.11. The molecule has 0 spiro atoms. The van der Waals surface area contributed by atoms with Crippen LogP contribution in [0.2, 0.25) is 0 Å². The van der Waals surface area contributed by atoms with Gasteiger partial charge in [0.05, 0.1) is 7.11 Å². The zero-order valence-corrected chi connectivity index (χ0v) is 12.9. The zero-order chi connectivity index (χ0) is 14.1. The normalized spacial score (nSPS) is 12.4. The molecule has 0 amide bonds. The molecule has 1 aromatic rings. The molecule has 1 rings (SSSR count). The van der Waals surface area contributed by atoms with Crippen molar-refractivity contribution in [3.8, 4) is 5.75 Å². The molecule has 19 heavy (non-hydrogen) atoms. The van der Waals surface area contributed by atoms with Crippen molar-refractivity contribution in [3.05, 3.63) is 29.3 Å². The minimum atomic E-state index is 0.266. The maximum atomic E-state index is 8.79. The second-order valence-corrected chi connectivity index (χ2v) is 5.59. The Labute approximate surface area is 120 Å². The number of hydrogen-bond acceptors (Lipinski definition) is 4. The van der Waals surface area contributed by atoms with Gasteiger partial charge in [0.2, 0.25) is 0 Å². The molecule has 0 bridgehead atoms. The molecule has 0 saturated carbocycles. The summed E-state index contributed by atoms with van der Waals surface area (Å²) in [6, 6.07) is 6.74. The number of aliphatic hydroxyl groups is 1. The highest BCUT2D eigenvalue weighted by Gasteiger charge is 2.09. The van der Waals surface area contributed by atoms with Crippen LogP contribution >= 0.6 is 11.8 Å². The van der Waals surface area contributed by atoms with Crippen molar-refractivity contribution in [3.63, 3.8) is 0 Å². The lowest BCUT2D eigenvalue weighted by molar-refractivity contribution is 0.296. The van der Waals surface area contributed by atoms with Crippen molar-refractivity contribution in [2.75, 3.05) is 26.0 Å². The summed E-state index contributed by atoms with van der Waals surface area (Å²) in [5.74, 6) is 2.85. The van der Waals surface area contributed by atoms with Crippen molar-refractivity contribution in [2.24, 2.45) is 0 Å². The number of thioether (sulfide) groups is 1. The quantitative estimate of drug-likeness (QED) is 0.684. The second kappa shape index (κ2) is 9.23. The molecule has 0 saturated heterocycles. The highest BCUT2D eigenvalue weighted by molar-refractivity contribution is 7.98. The third kappa shape index (κ3) is 5.43. The Hall–Kier alpha value is -0.710. The highest BCUT2D eigenvalue weighted by atomic mass is 32.2. The van der Waals surface area contributed by atoms with Crippen molar-refractivity contribution < 1.29 is 9.84 Å². The van der Waals surface area contributed by atoms with Crippen LogP contribution < -0.4 is 10.1 Å². The van der Waals surface area contributed by atoms with Gasteiger partial charge in [-0.3, -0.25) is 0 Å².